The van der Waals surface area contributed by atoms with Crippen LogP contribution in [-0.2, 0) is 29.0 Å². The van der Waals surface area contributed by atoms with Gasteiger partial charge in [0, 0.05) is 6.92 Å². The van der Waals surface area contributed by atoms with Gasteiger partial charge in [-0.1, -0.05) is 0 Å². The molecule has 0 unspecified atom stereocenters. The van der Waals surface area contributed by atoms with E-state index in [9.17, 15) is 22.8 Å². The van der Waals surface area contributed by atoms with Crippen molar-refractivity contribution in [1.29, 1.82) is 0 Å². The van der Waals surface area contributed by atoms with E-state index in [1.165, 1.54) is 0 Å². The number of fused-ring (bicyclic) bond motifs is 1. The number of hydrogen-bond acceptors (Lipinski definition) is 6. The third-order valence-corrected chi connectivity index (χ3v) is 4.50. The molecule has 2 rings (SSSR count). The second kappa shape index (κ2) is 3.80. The SMILES string of the molecule is CC(=O)OC1=C(C(=O)O)N2C(=O)C[C@H]2S(=O)(=O)C1. The number of hydrogen-bond donors (Lipinski definition) is 1. The molecule has 1 fully saturated rings. The molecule has 0 aromatic carbocycles. The van der Waals surface area contributed by atoms with E-state index in [0.29, 0.717) is 4.90 Å². The molecule has 0 aromatic rings. The number of carbonyl (C=O) groups excluding carboxylic acids is 2. The minimum absolute atomic E-state index is 0.244. The smallest absolute Gasteiger partial charge is 0.356 e. The topological polar surface area (TPSA) is 118 Å². The lowest BCUT2D eigenvalue weighted by atomic mass is 10.1. The van der Waals surface area contributed by atoms with Gasteiger partial charge in [0.15, 0.2) is 21.3 Å². The van der Waals surface area contributed by atoms with Crippen LogP contribution >= 0.6 is 0 Å². The second-order valence-electron chi connectivity index (χ2n) is 3.90. The molecule has 1 amide bonds. The molecule has 1 atom stereocenters. The number of carboxylic acid groups (broad SMARTS) is 1. The molecule has 0 spiro atoms. The average molecular weight is 275 g/mol. The molecule has 2 aliphatic heterocycles. The van der Waals surface area contributed by atoms with E-state index < -0.39 is 50.3 Å². The first-order valence-electron chi connectivity index (χ1n) is 4.92. The molecular weight excluding hydrogens is 266 g/mol. The molecular formula is C9H9NO7S. The van der Waals surface area contributed by atoms with E-state index in [0.717, 1.165) is 6.92 Å². The molecule has 2 aliphatic rings. The predicted octanol–water partition coefficient (Wildman–Crippen LogP) is -1.17. The number of carbonyl (C=O) groups is 3. The minimum Gasteiger partial charge on any atom is -0.476 e. The maximum absolute atomic E-state index is 11.7. The van der Waals surface area contributed by atoms with Crippen molar-refractivity contribution in [2.24, 2.45) is 0 Å². The lowest BCUT2D eigenvalue weighted by molar-refractivity contribution is -0.148. The number of sulfone groups is 1. The Balaban J connectivity index is 2.54. The molecule has 0 aliphatic carbocycles. The van der Waals surface area contributed by atoms with E-state index >= 15 is 0 Å². The standard InChI is InChI=1S/C9H9NO7S/c1-4(11)17-5-3-18(15,16)7-2-6(12)10(7)8(5)9(13)14/h7H,2-3H2,1H3,(H,13,14)/t7-/m1/s1. The molecule has 0 bridgehead atoms. The number of amides is 1. The van der Waals surface area contributed by atoms with Gasteiger partial charge < -0.3 is 9.84 Å². The third-order valence-electron chi connectivity index (χ3n) is 2.63. The first-order chi connectivity index (χ1) is 8.24. The maximum Gasteiger partial charge on any atom is 0.356 e. The van der Waals surface area contributed by atoms with Crippen molar-refractivity contribution in [2.45, 2.75) is 18.7 Å². The summed E-state index contributed by atoms with van der Waals surface area (Å²) in [6.45, 7) is 1.02. The number of aliphatic carboxylic acids is 1. The zero-order valence-corrected chi connectivity index (χ0v) is 10.1. The Hall–Kier alpha value is -1.90. The highest BCUT2D eigenvalue weighted by atomic mass is 32.2. The number of rotatable bonds is 2. The van der Waals surface area contributed by atoms with E-state index in [-0.39, 0.29) is 6.42 Å². The fourth-order valence-corrected chi connectivity index (χ4v) is 3.59. The normalized spacial score (nSPS) is 25.3. The van der Waals surface area contributed by atoms with Crippen molar-refractivity contribution in [2.75, 3.05) is 5.75 Å². The highest BCUT2D eigenvalue weighted by Gasteiger charge is 2.53. The van der Waals surface area contributed by atoms with Crippen molar-refractivity contribution < 1.29 is 32.6 Å². The van der Waals surface area contributed by atoms with Crippen molar-refractivity contribution in [3.05, 3.63) is 11.5 Å². The van der Waals surface area contributed by atoms with E-state index in [1.807, 2.05) is 0 Å². The largest absolute Gasteiger partial charge is 0.476 e. The van der Waals surface area contributed by atoms with E-state index in [2.05, 4.69) is 4.74 Å². The Bertz CT molecular complexity index is 588. The zero-order valence-electron chi connectivity index (χ0n) is 9.24. The monoisotopic (exact) mass is 275 g/mol. The fourth-order valence-electron chi connectivity index (χ4n) is 1.90. The van der Waals surface area contributed by atoms with Crippen LogP contribution in [0, 0.1) is 0 Å². The Labute approximate surface area is 102 Å². The van der Waals surface area contributed by atoms with Crippen LogP contribution in [0.1, 0.15) is 13.3 Å². The quantitative estimate of drug-likeness (QED) is 0.498. The van der Waals surface area contributed by atoms with Crippen LogP contribution in [0.2, 0.25) is 0 Å². The number of esters is 1. The fraction of sp³-hybridized carbons (Fsp3) is 0.444. The van der Waals surface area contributed by atoms with Crippen molar-refractivity contribution >= 4 is 27.7 Å². The maximum atomic E-state index is 11.7. The van der Waals surface area contributed by atoms with Gasteiger partial charge in [-0.15, -0.1) is 0 Å². The van der Waals surface area contributed by atoms with Gasteiger partial charge in [-0.2, -0.15) is 0 Å². The van der Waals surface area contributed by atoms with Crippen LogP contribution in [0.15, 0.2) is 11.5 Å². The predicted molar refractivity (Wildman–Crippen MR) is 55.5 cm³/mol. The summed E-state index contributed by atoms with van der Waals surface area (Å²) < 4.78 is 28.1. The Morgan fingerprint density at radius 3 is 2.50 bits per heavy atom. The molecule has 1 N–H and O–H groups in total. The summed E-state index contributed by atoms with van der Waals surface area (Å²) >= 11 is 0. The van der Waals surface area contributed by atoms with Gasteiger partial charge in [0.25, 0.3) is 0 Å². The van der Waals surface area contributed by atoms with Crippen LogP contribution in [-0.4, -0.2) is 47.4 Å². The number of carboxylic acids is 1. The molecule has 0 radical (unpaired) electrons. The van der Waals surface area contributed by atoms with Crippen molar-refractivity contribution in [3.63, 3.8) is 0 Å². The molecule has 98 valence electrons. The molecule has 0 aromatic heterocycles. The number of β-lactam (4-membered cyclic amide) rings is 1. The Kier molecular flexibility index (Phi) is 2.65. The van der Waals surface area contributed by atoms with Gasteiger partial charge in [-0.3, -0.25) is 14.5 Å². The van der Waals surface area contributed by atoms with Crippen LogP contribution in [0.5, 0.6) is 0 Å². The van der Waals surface area contributed by atoms with Gasteiger partial charge in [0.2, 0.25) is 5.91 Å². The lowest BCUT2D eigenvalue weighted by Crippen LogP contribution is -2.60. The van der Waals surface area contributed by atoms with Gasteiger partial charge in [-0.25, -0.2) is 13.2 Å². The molecule has 8 nitrogen and oxygen atoms in total. The van der Waals surface area contributed by atoms with Crippen LogP contribution < -0.4 is 0 Å². The number of nitrogens with zero attached hydrogens (tertiary/aromatic N) is 1. The van der Waals surface area contributed by atoms with Crippen molar-refractivity contribution in [1.82, 2.24) is 4.90 Å². The van der Waals surface area contributed by atoms with Crippen LogP contribution in [0.4, 0.5) is 0 Å². The summed E-state index contributed by atoms with van der Waals surface area (Å²) in [7, 11) is -3.71. The van der Waals surface area contributed by atoms with E-state index in [1.54, 1.807) is 0 Å². The molecule has 1 saturated heterocycles. The van der Waals surface area contributed by atoms with Gasteiger partial charge in [0.05, 0.1) is 6.42 Å². The Morgan fingerprint density at radius 2 is 2.06 bits per heavy atom. The zero-order chi connectivity index (χ0) is 13.7. The Morgan fingerprint density at radius 1 is 1.44 bits per heavy atom. The second-order valence-corrected chi connectivity index (χ2v) is 6.06. The first-order valence-corrected chi connectivity index (χ1v) is 6.64. The highest BCUT2D eigenvalue weighted by Crippen LogP contribution is 2.36. The molecule has 0 saturated carbocycles. The van der Waals surface area contributed by atoms with Crippen LogP contribution in [0.3, 0.4) is 0 Å². The summed E-state index contributed by atoms with van der Waals surface area (Å²) in [5, 5.41) is 7.84. The third kappa shape index (κ3) is 1.76. The molecule has 9 heteroatoms. The van der Waals surface area contributed by atoms with E-state index in [4.69, 9.17) is 5.11 Å². The summed E-state index contributed by atoms with van der Waals surface area (Å²) in [6, 6.07) is 0. The summed E-state index contributed by atoms with van der Waals surface area (Å²) in [4.78, 5) is 33.9. The average Bonchev–Trinajstić information content (AvgIpc) is 2.18. The molecule has 18 heavy (non-hydrogen) atoms. The van der Waals surface area contributed by atoms with Crippen molar-refractivity contribution in [3.8, 4) is 0 Å². The van der Waals surface area contributed by atoms with Gasteiger partial charge in [-0.05, 0) is 0 Å². The summed E-state index contributed by atoms with van der Waals surface area (Å²) in [6.07, 6.45) is -0.244. The summed E-state index contributed by atoms with van der Waals surface area (Å²) in [5.41, 5.74) is -0.568. The van der Waals surface area contributed by atoms with Crippen LogP contribution in [0.25, 0.3) is 0 Å². The minimum atomic E-state index is -3.71. The van der Waals surface area contributed by atoms with Gasteiger partial charge in [0.1, 0.15) is 11.1 Å². The first kappa shape index (κ1) is 12.6. The summed E-state index contributed by atoms with van der Waals surface area (Å²) in [5.74, 6) is -4.17. The molecule has 2 heterocycles. The highest BCUT2D eigenvalue weighted by molar-refractivity contribution is 7.92. The lowest BCUT2D eigenvalue weighted by Gasteiger charge is -2.42. The van der Waals surface area contributed by atoms with Gasteiger partial charge >= 0.3 is 11.9 Å². The number of ether oxygens (including phenoxy) is 1.